The van der Waals surface area contributed by atoms with Gasteiger partial charge in [-0.2, -0.15) is 0 Å². The number of benzene rings is 2. The maximum atomic E-state index is 13.0. The highest BCUT2D eigenvalue weighted by molar-refractivity contribution is 5.95. The van der Waals surface area contributed by atoms with Crippen LogP contribution in [0.2, 0.25) is 0 Å². The molecule has 0 aliphatic carbocycles. The van der Waals surface area contributed by atoms with E-state index in [0.717, 1.165) is 36.7 Å². The van der Waals surface area contributed by atoms with Crippen LogP contribution >= 0.6 is 0 Å². The highest BCUT2D eigenvalue weighted by Crippen LogP contribution is 2.33. The lowest BCUT2D eigenvalue weighted by Crippen LogP contribution is -2.48. The summed E-state index contributed by atoms with van der Waals surface area (Å²) in [6.45, 7) is 6.03. The van der Waals surface area contributed by atoms with Crippen molar-refractivity contribution in [1.29, 1.82) is 0 Å². The summed E-state index contributed by atoms with van der Waals surface area (Å²) in [5.74, 6) is 2.93. The number of hydrogen-bond donors (Lipinski definition) is 0. The summed E-state index contributed by atoms with van der Waals surface area (Å²) in [6.07, 6.45) is 0. The lowest BCUT2D eigenvalue weighted by atomic mass is 10.1. The van der Waals surface area contributed by atoms with E-state index >= 15 is 0 Å². The second kappa shape index (κ2) is 8.21. The van der Waals surface area contributed by atoms with E-state index in [1.54, 1.807) is 26.4 Å². The SMILES string of the molecule is COc1cc(C(=O)N2CCN(Cc3ccc4c(c3)OCO4)CC2)cc(OC)c1C. The van der Waals surface area contributed by atoms with Crippen molar-refractivity contribution in [3.05, 3.63) is 47.0 Å². The number of methoxy groups -OCH3 is 2. The molecule has 0 aromatic heterocycles. The van der Waals surface area contributed by atoms with Crippen LogP contribution in [-0.2, 0) is 6.54 Å². The molecule has 0 spiro atoms. The number of piperazine rings is 1. The van der Waals surface area contributed by atoms with Crippen LogP contribution in [-0.4, -0.2) is 62.9 Å². The van der Waals surface area contributed by atoms with Crippen LogP contribution in [0.3, 0.4) is 0 Å². The largest absolute Gasteiger partial charge is 0.496 e. The first kappa shape index (κ1) is 19.4. The van der Waals surface area contributed by atoms with Gasteiger partial charge in [0.2, 0.25) is 6.79 Å². The van der Waals surface area contributed by atoms with Crippen molar-refractivity contribution in [2.24, 2.45) is 0 Å². The predicted molar refractivity (Wildman–Crippen MR) is 108 cm³/mol. The minimum Gasteiger partial charge on any atom is -0.496 e. The third-order valence-corrected chi connectivity index (χ3v) is 5.50. The monoisotopic (exact) mass is 398 g/mol. The molecule has 2 aromatic carbocycles. The lowest BCUT2D eigenvalue weighted by molar-refractivity contribution is 0.0627. The number of rotatable bonds is 5. The minimum absolute atomic E-state index is 0.00401. The summed E-state index contributed by atoms with van der Waals surface area (Å²) in [7, 11) is 3.20. The Morgan fingerprint density at radius 2 is 1.62 bits per heavy atom. The molecule has 2 aliphatic heterocycles. The zero-order valence-corrected chi connectivity index (χ0v) is 17.1. The van der Waals surface area contributed by atoms with Crippen molar-refractivity contribution in [1.82, 2.24) is 9.80 Å². The molecule has 1 amide bonds. The van der Waals surface area contributed by atoms with Crippen molar-refractivity contribution in [3.63, 3.8) is 0 Å². The van der Waals surface area contributed by atoms with Gasteiger partial charge in [-0.25, -0.2) is 0 Å². The fourth-order valence-corrected chi connectivity index (χ4v) is 3.80. The first-order valence-corrected chi connectivity index (χ1v) is 9.72. The molecule has 0 radical (unpaired) electrons. The van der Waals surface area contributed by atoms with Crippen LogP contribution in [0.5, 0.6) is 23.0 Å². The van der Waals surface area contributed by atoms with Gasteiger partial charge in [0, 0.05) is 43.9 Å². The topological polar surface area (TPSA) is 60.5 Å². The van der Waals surface area contributed by atoms with Crippen LogP contribution in [0, 0.1) is 6.92 Å². The van der Waals surface area contributed by atoms with Crippen LogP contribution in [0.25, 0.3) is 0 Å². The Hall–Kier alpha value is -2.93. The molecule has 1 saturated heterocycles. The number of ether oxygens (including phenoxy) is 4. The molecule has 7 heteroatoms. The van der Waals surface area contributed by atoms with Crippen molar-refractivity contribution >= 4 is 5.91 Å². The molecule has 2 aliphatic rings. The van der Waals surface area contributed by atoms with Gasteiger partial charge in [-0.15, -0.1) is 0 Å². The molecule has 1 fully saturated rings. The number of hydrogen-bond acceptors (Lipinski definition) is 6. The summed E-state index contributed by atoms with van der Waals surface area (Å²) in [5.41, 5.74) is 2.66. The normalized spacial score (nSPS) is 16.0. The minimum atomic E-state index is 0.00401. The number of carbonyl (C=O) groups is 1. The number of fused-ring (bicyclic) bond motifs is 1. The predicted octanol–water partition coefficient (Wildman–Crippen LogP) is 2.70. The molecule has 4 rings (SSSR count). The van der Waals surface area contributed by atoms with E-state index in [4.69, 9.17) is 18.9 Å². The maximum Gasteiger partial charge on any atom is 0.254 e. The summed E-state index contributed by atoms with van der Waals surface area (Å²) in [5, 5.41) is 0. The van der Waals surface area contributed by atoms with Gasteiger partial charge < -0.3 is 23.8 Å². The molecule has 2 heterocycles. The van der Waals surface area contributed by atoms with Gasteiger partial charge in [0.25, 0.3) is 5.91 Å². The number of carbonyl (C=O) groups excluding carboxylic acids is 1. The second-order valence-electron chi connectivity index (χ2n) is 7.26. The number of nitrogens with zero attached hydrogens (tertiary/aromatic N) is 2. The Kier molecular flexibility index (Phi) is 5.49. The van der Waals surface area contributed by atoms with Gasteiger partial charge >= 0.3 is 0 Å². The summed E-state index contributed by atoms with van der Waals surface area (Å²) < 4.78 is 21.6. The fourth-order valence-electron chi connectivity index (χ4n) is 3.80. The van der Waals surface area contributed by atoms with E-state index in [0.29, 0.717) is 30.2 Å². The molecule has 0 bridgehead atoms. The molecule has 0 saturated carbocycles. The van der Waals surface area contributed by atoms with E-state index in [2.05, 4.69) is 11.0 Å². The van der Waals surface area contributed by atoms with E-state index < -0.39 is 0 Å². The Bertz CT molecular complexity index is 881. The van der Waals surface area contributed by atoms with Crippen LogP contribution in [0.15, 0.2) is 30.3 Å². The molecule has 154 valence electrons. The Morgan fingerprint density at radius 1 is 0.966 bits per heavy atom. The Morgan fingerprint density at radius 3 is 2.28 bits per heavy atom. The zero-order valence-electron chi connectivity index (χ0n) is 17.1. The van der Waals surface area contributed by atoms with Crippen molar-refractivity contribution in [3.8, 4) is 23.0 Å². The van der Waals surface area contributed by atoms with Crippen molar-refractivity contribution < 1.29 is 23.7 Å². The first-order valence-electron chi connectivity index (χ1n) is 9.72. The molecule has 7 nitrogen and oxygen atoms in total. The Balaban J connectivity index is 1.39. The zero-order chi connectivity index (χ0) is 20.4. The quantitative estimate of drug-likeness (QED) is 0.772. The van der Waals surface area contributed by atoms with Gasteiger partial charge in [-0.3, -0.25) is 9.69 Å². The van der Waals surface area contributed by atoms with Crippen molar-refractivity contribution in [2.75, 3.05) is 47.2 Å². The van der Waals surface area contributed by atoms with E-state index in [1.165, 1.54) is 5.56 Å². The van der Waals surface area contributed by atoms with Crippen LogP contribution in [0.4, 0.5) is 0 Å². The third kappa shape index (κ3) is 3.96. The average molecular weight is 398 g/mol. The molecule has 2 aromatic rings. The molecular formula is C22H26N2O5. The van der Waals surface area contributed by atoms with Gasteiger partial charge in [0.1, 0.15) is 11.5 Å². The molecular weight excluding hydrogens is 372 g/mol. The summed E-state index contributed by atoms with van der Waals surface area (Å²) in [6, 6.07) is 9.63. The van der Waals surface area contributed by atoms with Crippen LogP contribution in [0.1, 0.15) is 21.5 Å². The highest BCUT2D eigenvalue weighted by Gasteiger charge is 2.24. The molecule has 29 heavy (non-hydrogen) atoms. The van der Waals surface area contributed by atoms with Gasteiger partial charge in [-0.1, -0.05) is 6.07 Å². The highest BCUT2D eigenvalue weighted by atomic mass is 16.7. The molecule has 0 atom stereocenters. The summed E-state index contributed by atoms with van der Waals surface area (Å²) in [4.78, 5) is 17.2. The number of amides is 1. The van der Waals surface area contributed by atoms with E-state index in [9.17, 15) is 4.79 Å². The van der Waals surface area contributed by atoms with Crippen molar-refractivity contribution in [2.45, 2.75) is 13.5 Å². The molecule has 0 unspecified atom stereocenters. The standard InChI is InChI=1S/C22H26N2O5/c1-15-19(26-2)11-17(12-20(15)27-3)22(25)24-8-6-23(7-9-24)13-16-4-5-18-21(10-16)29-14-28-18/h4-5,10-12H,6-9,13-14H2,1-3H3. The molecule has 0 N–H and O–H groups in total. The van der Waals surface area contributed by atoms with Gasteiger partial charge in [0.05, 0.1) is 14.2 Å². The summed E-state index contributed by atoms with van der Waals surface area (Å²) >= 11 is 0. The second-order valence-corrected chi connectivity index (χ2v) is 7.26. The fraction of sp³-hybridized carbons (Fsp3) is 0.409. The average Bonchev–Trinajstić information content (AvgIpc) is 3.22. The van der Waals surface area contributed by atoms with Gasteiger partial charge in [-0.05, 0) is 36.8 Å². The first-order chi connectivity index (χ1) is 14.1. The van der Waals surface area contributed by atoms with E-state index in [1.807, 2.05) is 24.0 Å². The third-order valence-electron chi connectivity index (χ3n) is 5.50. The van der Waals surface area contributed by atoms with Crippen LogP contribution < -0.4 is 18.9 Å². The maximum absolute atomic E-state index is 13.0. The van der Waals surface area contributed by atoms with Gasteiger partial charge in [0.15, 0.2) is 11.5 Å². The lowest BCUT2D eigenvalue weighted by Gasteiger charge is -2.35. The Labute approximate surface area is 170 Å². The smallest absolute Gasteiger partial charge is 0.254 e. The van der Waals surface area contributed by atoms with E-state index in [-0.39, 0.29) is 12.7 Å².